The number of nitrogens with two attached hydrogens (primary N) is 1. The van der Waals surface area contributed by atoms with Gasteiger partial charge in [0.25, 0.3) is 0 Å². The third-order valence-electron chi connectivity index (χ3n) is 2.64. The molecule has 86 valence electrons. The molecule has 2 heterocycles. The summed E-state index contributed by atoms with van der Waals surface area (Å²) in [5.74, 6) is 4.23. The van der Waals surface area contributed by atoms with Crippen LogP contribution in [-0.2, 0) is 0 Å². The van der Waals surface area contributed by atoms with Gasteiger partial charge in [-0.25, -0.2) is 4.98 Å². The lowest BCUT2D eigenvalue weighted by molar-refractivity contribution is 0.630. The molecule has 3 nitrogen and oxygen atoms in total. The second kappa shape index (κ2) is 5.50. The Morgan fingerprint density at radius 1 is 1.62 bits per heavy atom. The van der Waals surface area contributed by atoms with Gasteiger partial charge in [0.15, 0.2) is 0 Å². The lowest BCUT2D eigenvalue weighted by Crippen LogP contribution is -2.15. The number of thioether (sulfide) groups is 1. The number of rotatable bonds is 4. The van der Waals surface area contributed by atoms with Crippen LogP contribution >= 0.6 is 24.0 Å². The summed E-state index contributed by atoms with van der Waals surface area (Å²) >= 11 is 6.90. The summed E-state index contributed by atoms with van der Waals surface area (Å²) in [6.45, 7) is 1.01. The summed E-state index contributed by atoms with van der Waals surface area (Å²) in [6.07, 6.45) is 3.02. The first-order valence-corrected chi connectivity index (χ1v) is 6.89. The van der Waals surface area contributed by atoms with E-state index in [4.69, 9.17) is 18.0 Å². The standard InChI is InChI=1S/C11H15N3S2/c12-11(15)9-1-2-10(14-6-9)13-5-8-3-4-16-7-8/h1-2,6,8H,3-5,7H2,(H2,12,15)(H,13,14). The monoisotopic (exact) mass is 253 g/mol. The molecule has 1 atom stereocenters. The zero-order valence-corrected chi connectivity index (χ0v) is 10.6. The van der Waals surface area contributed by atoms with E-state index in [9.17, 15) is 0 Å². The molecule has 1 aromatic rings. The van der Waals surface area contributed by atoms with E-state index in [2.05, 4.69) is 10.3 Å². The largest absolute Gasteiger partial charge is 0.389 e. The van der Waals surface area contributed by atoms with Crippen molar-refractivity contribution < 1.29 is 0 Å². The van der Waals surface area contributed by atoms with Crippen LogP contribution in [0, 0.1) is 5.92 Å². The fourth-order valence-electron chi connectivity index (χ4n) is 1.64. The molecule has 1 aromatic heterocycles. The number of hydrogen-bond donors (Lipinski definition) is 2. The van der Waals surface area contributed by atoms with Crippen molar-refractivity contribution in [3.63, 3.8) is 0 Å². The Bertz CT molecular complexity index is 358. The Hall–Kier alpha value is -0.810. The summed E-state index contributed by atoms with van der Waals surface area (Å²) in [5, 5.41) is 3.34. The molecule has 1 fully saturated rings. The second-order valence-electron chi connectivity index (χ2n) is 3.91. The molecule has 1 unspecified atom stereocenters. The predicted molar refractivity (Wildman–Crippen MR) is 74.0 cm³/mol. The van der Waals surface area contributed by atoms with Gasteiger partial charge < -0.3 is 11.1 Å². The second-order valence-corrected chi connectivity index (χ2v) is 5.50. The molecule has 1 aliphatic heterocycles. The van der Waals surface area contributed by atoms with E-state index >= 15 is 0 Å². The van der Waals surface area contributed by atoms with Crippen LogP contribution in [0.1, 0.15) is 12.0 Å². The summed E-state index contributed by atoms with van der Waals surface area (Å²) in [5.41, 5.74) is 6.32. The molecule has 0 spiro atoms. The molecule has 0 bridgehead atoms. The van der Waals surface area contributed by atoms with Crippen molar-refractivity contribution in [3.8, 4) is 0 Å². The molecule has 0 aromatic carbocycles. The Balaban J connectivity index is 1.87. The molecule has 0 radical (unpaired) electrons. The smallest absolute Gasteiger partial charge is 0.125 e. The van der Waals surface area contributed by atoms with Gasteiger partial charge in [0, 0.05) is 18.3 Å². The van der Waals surface area contributed by atoms with Crippen LogP contribution in [0.25, 0.3) is 0 Å². The van der Waals surface area contributed by atoms with Crippen LogP contribution < -0.4 is 11.1 Å². The van der Waals surface area contributed by atoms with Crippen LogP contribution in [0.2, 0.25) is 0 Å². The molecule has 1 aliphatic rings. The van der Waals surface area contributed by atoms with E-state index in [1.54, 1.807) is 6.20 Å². The van der Waals surface area contributed by atoms with E-state index in [0.29, 0.717) is 4.99 Å². The topological polar surface area (TPSA) is 50.9 Å². The number of nitrogens with one attached hydrogen (secondary N) is 1. The number of hydrogen-bond acceptors (Lipinski definition) is 4. The highest BCUT2D eigenvalue weighted by Crippen LogP contribution is 2.23. The first-order chi connectivity index (χ1) is 7.75. The van der Waals surface area contributed by atoms with Crippen molar-refractivity contribution >= 4 is 34.8 Å². The van der Waals surface area contributed by atoms with Gasteiger partial charge in [-0.15, -0.1) is 0 Å². The number of aromatic nitrogens is 1. The zero-order valence-electron chi connectivity index (χ0n) is 8.98. The van der Waals surface area contributed by atoms with Gasteiger partial charge in [0.2, 0.25) is 0 Å². The Morgan fingerprint density at radius 2 is 2.50 bits per heavy atom. The highest BCUT2D eigenvalue weighted by molar-refractivity contribution is 7.99. The molecule has 2 rings (SSSR count). The third-order valence-corrected chi connectivity index (χ3v) is 4.11. The summed E-state index contributed by atoms with van der Waals surface area (Å²) in [6, 6.07) is 3.83. The van der Waals surface area contributed by atoms with Crippen LogP contribution in [0.5, 0.6) is 0 Å². The first-order valence-electron chi connectivity index (χ1n) is 5.33. The quantitative estimate of drug-likeness (QED) is 0.802. The molecule has 0 saturated carbocycles. The van der Waals surface area contributed by atoms with Gasteiger partial charge in [-0.2, -0.15) is 11.8 Å². The van der Waals surface area contributed by atoms with Crippen molar-refractivity contribution in [3.05, 3.63) is 23.9 Å². The third kappa shape index (κ3) is 3.09. The fourth-order valence-corrected chi connectivity index (χ4v) is 3.04. The highest BCUT2D eigenvalue weighted by atomic mass is 32.2. The summed E-state index contributed by atoms with van der Waals surface area (Å²) < 4.78 is 0. The Labute approximate surface area is 105 Å². The maximum absolute atomic E-state index is 5.51. The number of anilines is 1. The van der Waals surface area contributed by atoms with Crippen LogP contribution in [-0.4, -0.2) is 28.0 Å². The number of nitrogens with zero attached hydrogens (tertiary/aromatic N) is 1. The summed E-state index contributed by atoms with van der Waals surface area (Å²) in [4.78, 5) is 4.67. The normalized spacial score (nSPS) is 19.6. The lowest BCUT2D eigenvalue weighted by atomic mass is 10.1. The van der Waals surface area contributed by atoms with E-state index in [1.807, 2.05) is 23.9 Å². The van der Waals surface area contributed by atoms with Gasteiger partial charge in [-0.05, 0) is 36.0 Å². The Kier molecular flexibility index (Phi) is 4.01. The number of pyridine rings is 1. The van der Waals surface area contributed by atoms with Crippen molar-refractivity contribution in [2.45, 2.75) is 6.42 Å². The minimum atomic E-state index is 0.395. The predicted octanol–water partition coefficient (Wildman–Crippen LogP) is 1.88. The molecular formula is C11H15N3S2. The van der Waals surface area contributed by atoms with E-state index in [1.165, 1.54) is 17.9 Å². The maximum atomic E-state index is 5.51. The minimum absolute atomic E-state index is 0.395. The molecule has 16 heavy (non-hydrogen) atoms. The first kappa shape index (κ1) is 11.7. The zero-order chi connectivity index (χ0) is 11.4. The lowest BCUT2D eigenvalue weighted by Gasteiger charge is -2.10. The average Bonchev–Trinajstić information content (AvgIpc) is 2.80. The van der Waals surface area contributed by atoms with Crippen molar-refractivity contribution in [2.24, 2.45) is 11.7 Å². The van der Waals surface area contributed by atoms with E-state index in [-0.39, 0.29) is 0 Å². The highest BCUT2D eigenvalue weighted by Gasteiger charge is 2.14. The fraction of sp³-hybridized carbons (Fsp3) is 0.455. The van der Waals surface area contributed by atoms with Crippen molar-refractivity contribution in [1.82, 2.24) is 4.98 Å². The summed E-state index contributed by atoms with van der Waals surface area (Å²) in [7, 11) is 0. The number of thiocarbonyl (C=S) groups is 1. The maximum Gasteiger partial charge on any atom is 0.125 e. The van der Waals surface area contributed by atoms with Crippen LogP contribution in [0.15, 0.2) is 18.3 Å². The average molecular weight is 253 g/mol. The van der Waals surface area contributed by atoms with Gasteiger partial charge in [0.05, 0.1) is 0 Å². The molecule has 5 heteroatoms. The van der Waals surface area contributed by atoms with Gasteiger partial charge >= 0.3 is 0 Å². The SMILES string of the molecule is NC(=S)c1ccc(NCC2CCSC2)nc1. The molecule has 0 amide bonds. The molecule has 0 aliphatic carbocycles. The molecule has 1 saturated heterocycles. The van der Waals surface area contributed by atoms with Crippen LogP contribution in [0.4, 0.5) is 5.82 Å². The molecule has 3 N–H and O–H groups in total. The Morgan fingerprint density at radius 3 is 3.06 bits per heavy atom. The van der Waals surface area contributed by atoms with E-state index < -0.39 is 0 Å². The van der Waals surface area contributed by atoms with Crippen molar-refractivity contribution in [1.29, 1.82) is 0 Å². The van der Waals surface area contributed by atoms with Gasteiger partial charge in [-0.1, -0.05) is 12.2 Å². The van der Waals surface area contributed by atoms with Crippen LogP contribution in [0.3, 0.4) is 0 Å². The van der Waals surface area contributed by atoms with Gasteiger partial charge in [-0.3, -0.25) is 0 Å². The van der Waals surface area contributed by atoms with E-state index in [0.717, 1.165) is 23.8 Å². The minimum Gasteiger partial charge on any atom is -0.389 e. The van der Waals surface area contributed by atoms with Gasteiger partial charge in [0.1, 0.15) is 10.8 Å². The van der Waals surface area contributed by atoms with Crippen molar-refractivity contribution in [2.75, 3.05) is 23.4 Å². The molecular weight excluding hydrogens is 238 g/mol.